The van der Waals surface area contributed by atoms with Gasteiger partial charge in [0.15, 0.2) is 17.5 Å². The highest BCUT2D eigenvalue weighted by atomic mass is 16.5. The normalized spacial score (nSPS) is 17.9. The van der Waals surface area contributed by atoms with Crippen LogP contribution in [0.1, 0.15) is 53.6 Å². The van der Waals surface area contributed by atoms with Crippen LogP contribution in [0.15, 0.2) is 170 Å². The van der Waals surface area contributed by atoms with Crippen LogP contribution in [0.25, 0.3) is 78.3 Å². The third kappa shape index (κ3) is 5.42. The summed E-state index contributed by atoms with van der Waals surface area (Å²) in [5, 5.41) is 5.98. The molecule has 0 spiro atoms. The second-order valence-electron chi connectivity index (χ2n) is 15.8. The van der Waals surface area contributed by atoms with Gasteiger partial charge in [0.2, 0.25) is 0 Å². The van der Waals surface area contributed by atoms with Crippen molar-refractivity contribution >= 4 is 44.1 Å². The van der Waals surface area contributed by atoms with Crippen LogP contribution in [0.3, 0.4) is 0 Å². The smallest absolute Gasteiger partial charge is 0.164 e. The SMILES string of the molecule is C1=CCCC(c2ccc3c(c2)c2c(n3C3C=CC=C4Oc5cc(-c6nc(-c7ccc8ccccc8c7)nc(-c7ccc8ccccc8c7)n6)ccc5C43)CCC=C2)=C1. The van der Waals surface area contributed by atoms with Crippen LogP contribution in [-0.2, 0) is 6.42 Å². The molecule has 2 unspecified atom stereocenters. The molecule has 0 fully saturated rings. The van der Waals surface area contributed by atoms with E-state index in [0.29, 0.717) is 17.5 Å². The Hall–Kier alpha value is -7.11. The molecule has 4 aliphatic rings. The molecule has 0 saturated carbocycles. The summed E-state index contributed by atoms with van der Waals surface area (Å²) >= 11 is 0. The number of ether oxygens (including phenoxy) is 1. The number of fused-ring (bicyclic) bond motifs is 8. The molecule has 2 aromatic heterocycles. The molecule has 0 N–H and O–H groups in total. The van der Waals surface area contributed by atoms with Crippen molar-refractivity contribution in [2.24, 2.45) is 0 Å². The second-order valence-corrected chi connectivity index (χ2v) is 15.8. The summed E-state index contributed by atoms with van der Waals surface area (Å²) in [6.45, 7) is 0. The molecule has 276 valence electrons. The van der Waals surface area contributed by atoms with Gasteiger partial charge in [0.1, 0.15) is 11.5 Å². The molecule has 0 saturated heterocycles. The van der Waals surface area contributed by atoms with Crippen LogP contribution in [0, 0.1) is 0 Å². The third-order valence-corrected chi connectivity index (χ3v) is 12.4. The summed E-state index contributed by atoms with van der Waals surface area (Å²) in [6.07, 6.45) is 22.3. The first-order chi connectivity index (χ1) is 28.7. The average molecular weight is 747 g/mol. The average Bonchev–Trinajstić information content (AvgIpc) is 3.84. The van der Waals surface area contributed by atoms with Crippen LogP contribution in [0.2, 0.25) is 0 Å². The lowest BCUT2D eigenvalue weighted by molar-refractivity contribution is 0.393. The topological polar surface area (TPSA) is 52.8 Å². The number of allylic oxidation sites excluding steroid dienone is 9. The van der Waals surface area contributed by atoms with Gasteiger partial charge in [-0.25, -0.2) is 15.0 Å². The van der Waals surface area contributed by atoms with Gasteiger partial charge in [-0.1, -0.05) is 134 Å². The largest absolute Gasteiger partial charge is 0.461 e. The van der Waals surface area contributed by atoms with Crippen molar-refractivity contribution in [1.82, 2.24) is 19.5 Å². The lowest BCUT2D eigenvalue weighted by Gasteiger charge is -2.28. The zero-order chi connectivity index (χ0) is 38.2. The Labute approximate surface area is 336 Å². The number of aromatic nitrogens is 4. The van der Waals surface area contributed by atoms with Crippen molar-refractivity contribution in [1.29, 1.82) is 0 Å². The Kier molecular flexibility index (Phi) is 7.55. The van der Waals surface area contributed by atoms with Crippen LogP contribution < -0.4 is 4.74 Å². The van der Waals surface area contributed by atoms with Gasteiger partial charge in [0.05, 0.1) is 12.0 Å². The number of benzene rings is 6. The standard InChI is InChI=1S/C53H38N4O/c1-2-11-33(12-3-1)38-26-28-46-44(31-38)42-17-8-9-18-45(42)57(46)47-19-10-20-48-50(47)43-27-25-41(32-49(43)58-48)53-55-51(39-23-21-34-13-4-6-15-36(34)29-39)54-52(56-53)40-24-22-35-14-5-7-16-37(35)30-40/h1-2,4-8,10-11,13-17,19-32,47,50H,3,9,12,18H2. The number of rotatable bonds is 5. The predicted octanol–water partition coefficient (Wildman–Crippen LogP) is 13.0. The minimum absolute atomic E-state index is 0.0465. The predicted molar refractivity (Wildman–Crippen MR) is 236 cm³/mol. The monoisotopic (exact) mass is 746 g/mol. The molecule has 5 heteroatoms. The van der Waals surface area contributed by atoms with Crippen LogP contribution >= 0.6 is 0 Å². The van der Waals surface area contributed by atoms with Crippen molar-refractivity contribution in [3.8, 4) is 39.9 Å². The Morgan fingerprint density at radius 2 is 1.22 bits per heavy atom. The fourth-order valence-corrected chi connectivity index (χ4v) is 9.52. The van der Waals surface area contributed by atoms with Crippen molar-refractivity contribution < 1.29 is 4.74 Å². The zero-order valence-corrected chi connectivity index (χ0v) is 31.8. The number of hydrogen-bond acceptors (Lipinski definition) is 4. The molecule has 6 aromatic carbocycles. The van der Waals surface area contributed by atoms with E-state index in [1.165, 1.54) is 49.6 Å². The highest BCUT2D eigenvalue weighted by Gasteiger charge is 2.39. The molecule has 0 bridgehead atoms. The zero-order valence-electron chi connectivity index (χ0n) is 31.8. The molecule has 2 atom stereocenters. The van der Waals surface area contributed by atoms with Gasteiger partial charge in [-0.3, -0.25) is 0 Å². The Morgan fingerprint density at radius 3 is 1.93 bits per heavy atom. The van der Waals surface area contributed by atoms with Crippen molar-refractivity contribution in [3.63, 3.8) is 0 Å². The minimum Gasteiger partial charge on any atom is -0.461 e. The summed E-state index contributed by atoms with van der Waals surface area (Å²) in [5.74, 6) is 3.76. The Bertz CT molecular complexity index is 3080. The quantitative estimate of drug-likeness (QED) is 0.176. The van der Waals surface area contributed by atoms with Gasteiger partial charge in [0.25, 0.3) is 0 Å². The van der Waals surface area contributed by atoms with Crippen molar-refractivity contribution in [2.75, 3.05) is 0 Å². The summed E-state index contributed by atoms with van der Waals surface area (Å²) < 4.78 is 9.38. The molecule has 0 amide bonds. The van der Waals surface area contributed by atoms with Crippen molar-refractivity contribution in [2.45, 2.75) is 37.6 Å². The maximum atomic E-state index is 6.78. The molecular weight excluding hydrogens is 709 g/mol. The van der Waals surface area contributed by atoms with Gasteiger partial charge >= 0.3 is 0 Å². The highest BCUT2D eigenvalue weighted by molar-refractivity contribution is 5.95. The fourth-order valence-electron chi connectivity index (χ4n) is 9.52. The van der Waals surface area contributed by atoms with Gasteiger partial charge < -0.3 is 9.30 Å². The van der Waals surface area contributed by atoms with E-state index in [4.69, 9.17) is 19.7 Å². The Morgan fingerprint density at radius 1 is 0.569 bits per heavy atom. The van der Waals surface area contributed by atoms with Crippen LogP contribution in [0.4, 0.5) is 0 Å². The van der Waals surface area contributed by atoms with E-state index >= 15 is 0 Å². The first-order valence-electron chi connectivity index (χ1n) is 20.4. The third-order valence-electron chi connectivity index (χ3n) is 12.4. The number of hydrogen-bond donors (Lipinski definition) is 0. The van der Waals surface area contributed by atoms with Crippen molar-refractivity contribution in [3.05, 3.63) is 192 Å². The van der Waals surface area contributed by atoms with Crippen LogP contribution in [-0.4, -0.2) is 19.5 Å². The van der Waals surface area contributed by atoms with E-state index in [2.05, 4.69) is 175 Å². The molecule has 58 heavy (non-hydrogen) atoms. The van der Waals surface area contributed by atoms with Gasteiger partial charge in [-0.15, -0.1) is 0 Å². The molecular formula is C53H38N4O. The fraction of sp³-hybridized carbons (Fsp3) is 0.113. The molecule has 1 aliphatic heterocycles. The van der Waals surface area contributed by atoms with E-state index in [9.17, 15) is 0 Å². The maximum absolute atomic E-state index is 6.78. The molecule has 3 aliphatic carbocycles. The molecule has 12 rings (SSSR count). The summed E-state index contributed by atoms with van der Waals surface area (Å²) in [7, 11) is 0. The summed E-state index contributed by atoms with van der Waals surface area (Å²) in [4.78, 5) is 15.4. The van der Waals surface area contributed by atoms with E-state index in [1.54, 1.807) is 0 Å². The first-order valence-corrected chi connectivity index (χ1v) is 20.4. The first kappa shape index (κ1) is 33.1. The Balaban J connectivity index is 0.962. The summed E-state index contributed by atoms with van der Waals surface area (Å²) in [6, 6.07) is 43.3. The van der Waals surface area contributed by atoms with Gasteiger partial charge in [-0.2, -0.15) is 0 Å². The van der Waals surface area contributed by atoms with E-state index in [0.717, 1.165) is 64.7 Å². The molecule has 0 radical (unpaired) electrons. The maximum Gasteiger partial charge on any atom is 0.164 e. The lowest BCUT2D eigenvalue weighted by Crippen LogP contribution is -2.20. The molecule has 5 nitrogen and oxygen atoms in total. The van der Waals surface area contributed by atoms with E-state index in [-0.39, 0.29) is 12.0 Å². The minimum atomic E-state index is 0.0465. The lowest BCUT2D eigenvalue weighted by atomic mass is 9.86. The summed E-state index contributed by atoms with van der Waals surface area (Å²) in [5.41, 5.74) is 10.7. The molecule has 3 heterocycles. The van der Waals surface area contributed by atoms with Crippen LogP contribution in [0.5, 0.6) is 5.75 Å². The highest BCUT2D eigenvalue weighted by Crippen LogP contribution is 2.52. The number of nitrogens with zero attached hydrogens (tertiary/aromatic N) is 4. The molecule has 8 aromatic rings. The van der Waals surface area contributed by atoms with E-state index in [1.807, 2.05) is 0 Å². The van der Waals surface area contributed by atoms with Gasteiger partial charge in [-0.05, 0) is 94.8 Å². The van der Waals surface area contributed by atoms with E-state index < -0.39 is 0 Å². The second kappa shape index (κ2) is 13.2. The van der Waals surface area contributed by atoms with Gasteiger partial charge in [0, 0.05) is 44.4 Å².